The lowest BCUT2D eigenvalue weighted by Crippen LogP contribution is -2.54. The van der Waals surface area contributed by atoms with E-state index in [0.717, 1.165) is 25.2 Å². The number of nitrogens with one attached hydrogen (secondary N) is 1. The Morgan fingerprint density at radius 3 is 2.50 bits per heavy atom. The van der Waals surface area contributed by atoms with E-state index in [1.807, 2.05) is 48.5 Å². The quantitative estimate of drug-likeness (QED) is 0.857. The molecule has 1 N–H and O–H groups in total. The van der Waals surface area contributed by atoms with Gasteiger partial charge in [-0.05, 0) is 12.1 Å². The lowest BCUT2D eigenvalue weighted by atomic mass is 10.1. The molecule has 22 heavy (non-hydrogen) atoms. The minimum Gasteiger partial charge on any atom is -0.367 e. The minimum atomic E-state index is 0.00150. The first-order chi connectivity index (χ1) is 10.8. The first-order valence-corrected chi connectivity index (χ1v) is 7.61. The molecule has 0 aliphatic carbocycles. The molecular weight excluding hydrogens is 274 g/mol. The van der Waals surface area contributed by atoms with Crippen LogP contribution in [-0.2, 0) is 0 Å². The van der Waals surface area contributed by atoms with Gasteiger partial charge in [-0.15, -0.1) is 0 Å². The first-order valence-electron chi connectivity index (χ1n) is 7.61. The van der Waals surface area contributed by atoms with Gasteiger partial charge in [0, 0.05) is 30.9 Å². The lowest BCUT2D eigenvalue weighted by molar-refractivity contribution is 0.0984. The van der Waals surface area contributed by atoms with Gasteiger partial charge in [-0.25, -0.2) is 5.32 Å². The highest BCUT2D eigenvalue weighted by atomic mass is 16.1. The molecule has 1 heterocycles. The summed E-state index contributed by atoms with van der Waals surface area (Å²) < 4.78 is 0. The maximum Gasteiger partial charge on any atom is 0.176 e. The summed E-state index contributed by atoms with van der Waals surface area (Å²) in [6.45, 7) is 2.83. The fourth-order valence-corrected chi connectivity index (χ4v) is 2.63. The zero-order valence-corrected chi connectivity index (χ0v) is 12.5. The summed E-state index contributed by atoms with van der Waals surface area (Å²) in [7, 11) is 0. The number of para-hydroxylation sites is 1. The molecule has 4 heteroatoms. The van der Waals surface area contributed by atoms with Gasteiger partial charge in [0.15, 0.2) is 5.78 Å². The lowest BCUT2D eigenvalue weighted by Gasteiger charge is -2.34. The van der Waals surface area contributed by atoms with Gasteiger partial charge in [-0.3, -0.25) is 10.1 Å². The number of rotatable bonds is 5. The number of piperazine rings is 1. The normalized spacial score (nSPS) is 18.2. The van der Waals surface area contributed by atoms with E-state index < -0.39 is 0 Å². The number of carbonyl (C=O) groups excluding carboxylic acids is 1. The van der Waals surface area contributed by atoms with Gasteiger partial charge >= 0.3 is 0 Å². The van der Waals surface area contributed by atoms with E-state index in [0.29, 0.717) is 6.54 Å². The molecule has 113 valence electrons. The highest BCUT2D eigenvalue weighted by Gasteiger charge is 2.20. The predicted octanol–water partition coefficient (Wildman–Crippen LogP) is 1.91. The van der Waals surface area contributed by atoms with Gasteiger partial charge in [0.1, 0.15) is 0 Å². The van der Waals surface area contributed by atoms with Crippen LogP contribution >= 0.6 is 0 Å². The summed E-state index contributed by atoms with van der Waals surface area (Å²) in [6, 6.07) is 19.7. The van der Waals surface area contributed by atoms with Gasteiger partial charge in [-0.2, -0.15) is 0 Å². The number of hydrogen-bond acceptors (Lipinski definition) is 3. The van der Waals surface area contributed by atoms with Gasteiger partial charge in [0.25, 0.3) is 0 Å². The highest BCUT2D eigenvalue weighted by molar-refractivity contribution is 5.97. The fraction of sp³-hybridized carbons (Fsp3) is 0.278. The van der Waals surface area contributed by atoms with Crippen LogP contribution in [0.1, 0.15) is 10.4 Å². The van der Waals surface area contributed by atoms with Crippen LogP contribution < -0.4 is 15.5 Å². The van der Waals surface area contributed by atoms with E-state index >= 15 is 0 Å². The molecule has 1 saturated heterocycles. The zero-order chi connectivity index (χ0) is 15.2. The second-order valence-electron chi connectivity index (χ2n) is 5.37. The maximum atomic E-state index is 12.1. The number of anilines is 1. The topological polar surface area (TPSA) is 46.4 Å². The molecule has 1 aliphatic rings. The third-order valence-electron chi connectivity index (χ3n) is 3.83. The Morgan fingerprint density at radius 1 is 1.09 bits per heavy atom. The number of nitrogens with zero attached hydrogens (tertiary/aromatic N) is 2. The van der Waals surface area contributed by atoms with E-state index in [4.69, 9.17) is 0 Å². The van der Waals surface area contributed by atoms with Crippen molar-refractivity contribution in [2.24, 2.45) is 0 Å². The van der Waals surface area contributed by atoms with Crippen LogP contribution in [0.15, 0.2) is 60.7 Å². The Hall–Kier alpha value is -2.17. The Morgan fingerprint density at radius 2 is 1.77 bits per heavy atom. The summed E-state index contributed by atoms with van der Waals surface area (Å²) >= 11 is 0. The van der Waals surface area contributed by atoms with E-state index in [-0.39, 0.29) is 11.9 Å². The van der Waals surface area contributed by atoms with Crippen LogP contribution in [0.4, 0.5) is 5.69 Å². The van der Waals surface area contributed by atoms with Crippen molar-refractivity contribution in [2.75, 3.05) is 31.1 Å². The average Bonchev–Trinajstić information content (AvgIpc) is 2.61. The van der Waals surface area contributed by atoms with Crippen molar-refractivity contribution in [3.05, 3.63) is 66.2 Å². The molecule has 0 bridgehead atoms. The van der Waals surface area contributed by atoms with Crippen LogP contribution in [0.3, 0.4) is 0 Å². The van der Waals surface area contributed by atoms with Crippen molar-refractivity contribution in [3.63, 3.8) is 0 Å². The average molecular weight is 294 g/mol. The van der Waals surface area contributed by atoms with Crippen LogP contribution in [0.5, 0.6) is 0 Å². The van der Waals surface area contributed by atoms with Gasteiger partial charge in [0.2, 0.25) is 0 Å². The molecule has 1 aliphatic heterocycles. The summed E-state index contributed by atoms with van der Waals surface area (Å²) in [4.78, 5) is 14.4. The van der Waals surface area contributed by atoms with Crippen molar-refractivity contribution >= 4 is 11.5 Å². The smallest absolute Gasteiger partial charge is 0.176 e. The Balaban J connectivity index is 1.54. The molecule has 3 rings (SSSR count). The second kappa shape index (κ2) is 7.20. The molecular formula is C18H20N3O. The third-order valence-corrected chi connectivity index (χ3v) is 3.83. The van der Waals surface area contributed by atoms with Crippen LogP contribution in [0.2, 0.25) is 0 Å². The summed E-state index contributed by atoms with van der Waals surface area (Å²) in [5.41, 5.74) is 1.95. The third kappa shape index (κ3) is 3.72. The van der Waals surface area contributed by atoms with E-state index in [2.05, 4.69) is 27.7 Å². The van der Waals surface area contributed by atoms with Crippen molar-refractivity contribution in [1.29, 1.82) is 0 Å². The molecule has 1 fully saturated rings. The number of hydrogen-bond donors (Lipinski definition) is 1. The number of Topliss-reactive ketones (excluding diaryl/α,β-unsaturated/α-hetero) is 1. The van der Waals surface area contributed by atoms with Gasteiger partial charge in [-0.1, -0.05) is 48.5 Å². The van der Waals surface area contributed by atoms with E-state index in [9.17, 15) is 4.79 Å². The van der Waals surface area contributed by atoms with Gasteiger partial charge in [0.05, 0.1) is 12.7 Å². The molecule has 0 amide bonds. The molecule has 1 unspecified atom stereocenters. The SMILES string of the molecule is O=C(CNC1CN(c2ccccc2)CC[N]1)c1ccccc1. The predicted molar refractivity (Wildman–Crippen MR) is 88.2 cm³/mol. The number of ketones is 1. The van der Waals surface area contributed by atoms with Crippen molar-refractivity contribution in [2.45, 2.75) is 6.17 Å². The summed E-state index contributed by atoms with van der Waals surface area (Å²) in [6.07, 6.45) is 0.00150. The summed E-state index contributed by atoms with van der Waals surface area (Å²) in [5, 5.41) is 7.83. The molecule has 1 radical (unpaired) electrons. The molecule has 2 aromatic rings. The monoisotopic (exact) mass is 294 g/mol. The van der Waals surface area contributed by atoms with E-state index in [1.165, 1.54) is 5.69 Å². The van der Waals surface area contributed by atoms with Crippen molar-refractivity contribution < 1.29 is 4.79 Å². The highest BCUT2D eigenvalue weighted by Crippen LogP contribution is 2.14. The standard InChI is InChI=1S/C18H20N3O/c22-17(15-7-3-1-4-8-15)13-20-18-14-21(12-11-19-18)16-9-5-2-6-10-16/h1-10,18,20H,11-14H2. The molecule has 4 nitrogen and oxygen atoms in total. The van der Waals surface area contributed by atoms with E-state index in [1.54, 1.807) is 0 Å². The molecule has 1 atom stereocenters. The molecule has 0 aromatic heterocycles. The Bertz CT molecular complexity index is 600. The fourth-order valence-electron chi connectivity index (χ4n) is 2.63. The Kier molecular flexibility index (Phi) is 4.83. The van der Waals surface area contributed by atoms with Gasteiger partial charge < -0.3 is 4.90 Å². The van der Waals surface area contributed by atoms with Crippen molar-refractivity contribution in [3.8, 4) is 0 Å². The zero-order valence-electron chi connectivity index (χ0n) is 12.5. The Labute approximate surface area is 131 Å². The largest absolute Gasteiger partial charge is 0.367 e. The number of benzene rings is 2. The number of carbonyl (C=O) groups is 1. The van der Waals surface area contributed by atoms with Crippen LogP contribution in [0.25, 0.3) is 0 Å². The molecule has 2 aromatic carbocycles. The van der Waals surface area contributed by atoms with Crippen molar-refractivity contribution in [1.82, 2.24) is 10.6 Å². The second-order valence-corrected chi connectivity index (χ2v) is 5.37. The maximum absolute atomic E-state index is 12.1. The minimum absolute atomic E-state index is 0.00150. The first kappa shape index (κ1) is 14.8. The molecule has 0 saturated carbocycles. The van der Waals surface area contributed by atoms with Crippen LogP contribution in [-0.4, -0.2) is 38.1 Å². The molecule has 0 spiro atoms. The summed E-state index contributed by atoms with van der Waals surface area (Å²) in [5.74, 6) is 0.104. The van der Waals surface area contributed by atoms with Crippen LogP contribution in [0, 0.1) is 0 Å².